The lowest BCUT2D eigenvalue weighted by atomic mass is 10.0. The second-order valence-electron chi connectivity index (χ2n) is 7.23. The number of rotatable bonds is 6. The first-order chi connectivity index (χ1) is 14.5. The average molecular weight is 411 g/mol. The van der Waals surface area contributed by atoms with Gasteiger partial charge in [0.1, 0.15) is 17.1 Å². The van der Waals surface area contributed by atoms with E-state index in [-0.39, 0.29) is 11.3 Å². The number of aromatic carboxylic acids is 1. The third-order valence-electron chi connectivity index (χ3n) is 5.57. The van der Waals surface area contributed by atoms with Crippen molar-refractivity contribution >= 4 is 11.8 Å². The highest BCUT2D eigenvalue weighted by Gasteiger charge is 2.28. The SMILES string of the molecule is COc1ccc(-c2nccn2-c2c(N3CCCC3)nn(C)c2C)c(C(=O)O)c1OC. The van der Waals surface area contributed by atoms with E-state index in [2.05, 4.69) is 9.88 Å². The Morgan fingerprint density at radius 2 is 1.90 bits per heavy atom. The normalized spacial score (nSPS) is 13.7. The van der Waals surface area contributed by atoms with Gasteiger partial charge in [0.2, 0.25) is 0 Å². The maximum absolute atomic E-state index is 12.2. The maximum atomic E-state index is 12.2. The molecule has 0 radical (unpaired) electrons. The molecule has 1 fully saturated rings. The lowest BCUT2D eigenvalue weighted by molar-refractivity contribution is 0.0693. The number of aromatic nitrogens is 4. The van der Waals surface area contributed by atoms with E-state index in [1.54, 1.807) is 18.3 Å². The van der Waals surface area contributed by atoms with Crippen LogP contribution in [0.3, 0.4) is 0 Å². The number of hydrogen-bond donors (Lipinski definition) is 1. The Labute approximate surface area is 174 Å². The van der Waals surface area contributed by atoms with Gasteiger partial charge in [-0.15, -0.1) is 0 Å². The van der Waals surface area contributed by atoms with Gasteiger partial charge in [0, 0.05) is 38.1 Å². The minimum absolute atomic E-state index is 0.00793. The van der Waals surface area contributed by atoms with E-state index in [1.807, 2.05) is 29.4 Å². The molecule has 3 aromatic rings. The summed E-state index contributed by atoms with van der Waals surface area (Å²) in [6, 6.07) is 3.39. The number of carbonyl (C=O) groups is 1. The molecule has 0 atom stereocenters. The molecule has 1 aromatic carbocycles. The fourth-order valence-corrected chi connectivity index (χ4v) is 4.01. The number of anilines is 1. The fraction of sp³-hybridized carbons (Fsp3) is 0.381. The van der Waals surface area contributed by atoms with Gasteiger partial charge >= 0.3 is 5.97 Å². The summed E-state index contributed by atoms with van der Waals surface area (Å²) in [5.74, 6) is 0.791. The lowest BCUT2D eigenvalue weighted by Crippen LogP contribution is -2.20. The van der Waals surface area contributed by atoms with E-state index < -0.39 is 5.97 Å². The lowest BCUT2D eigenvalue weighted by Gasteiger charge is -2.19. The van der Waals surface area contributed by atoms with Crippen LogP contribution < -0.4 is 14.4 Å². The molecule has 9 heteroatoms. The first kappa shape index (κ1) is 19.8. The highest BCUT2D eigenvalue weighted by atomic mass is 16.5. The van der Waals surface area contributed by atoms with Crippen LogP contribution in [0.4, 0.5) is 5.82 Å². The van der Waals surface area contributed by atoms with Crippen molar-refractivity contribution in [1.82, 2.24) is 19.3 Å². The molecule has 0 aliphatic carbocycles. The summed E-state index contributed by atoms with van der Waals surface area (Å²) in [5.41, 5.74) is 2.32. The van der Waals surface area contributed by atoms with Crippen molar-refractivity contribution in [2.45, 2.75) is 19.8 Å². The Hall–Kier alpha value is -3.49. The third-order valence-corrected chi connectivity index (χ3v) is 5.57. The number of nitrogens with zero attached hydrogens (tertiary/aromatic N) is 5. The first-order valence-corrected chi connectivity index (χ1v) is 9.78. The van der Waals surface area contributed by atoms with Gasteiger partial charge in [-0.2, -0.15) is 5.10 Å². The number of hydrogen-bond acceptors (Lipinski definition) is 6. The maximum Gasteiger partial charge on any atom is 0.340 e. The van der Waals surface area contributed by atoms with Crippen molar-refractivity contribution < 1.29 is 19.4 Å². The quantitative estimate of drug-likeness (QED) is 0.666. The molecule has 0 saturated carbocycles. The summed E-state index contributed by atoms with van der Waals surface area (Å²) in [6.07, 6.45) is 5.76. The molecule has 1 saturated heterocycles. The zero-order valence-corrected chi connectivity index (χ0v) is 17.5. The van der Waals surface area contributed by atoms with Gasteiger partial charge in [-0.3, -0.25) is 9.25 Å². The zero-order valence-electron chi connectivity index (χ0n) is 17.5. The number of benzene rings is 1. The molecule has 158 valence electrons. The van der Waals surface area contributed by atoms with E-state index in [0.29, 0.717) is 17.1 Å². The Morgan fingerprint density at radius 3 is 2.53 bits per heavy atom. The minimum atomic E-state index is -1.11. The fourth-order valence-electron chi connectivity index (χ4n) is 4.01. The van der Waals surface area contributed by atoms with Crippen molar-refractivity contribution in [3.05, 3.63) is 35.8 Å². The van der Waals surface area contributed by atoms with E-state index in [4.69, 9.17) is 14.6 Å². The molecule has 9 nitrogen and oxygen atoms in total. The number of imidazole rings is 1. The highest BCUT2D eigenvalue weighted by molar-refractivity contribution is 5.99. The van der Waals surface area contributed by atoms with Crippen LogP contribution >= 0.6 is 0 Å². The van der Waals surface area contributed by atoms with Gasteiger partial charge in [-0.1, -0.05) is 0 Å². The molecular formula is C21H25N5O4. The second-order valence-corrected chi connectivity index (χ2v) is 7.23. The summed E-state index contributed by atoms with van der Waals surface area (Å²) in [7, 11) is 4.82. The summed E-state index contributed by atoms with van der Waals surface area (Å²) < 4.78 is 14.4. The van der Waals surface area contributed by atoms with Crippen molar-refractivity contribution in [3.8, 4) is 28.6 Å². The Bertz CT molecular complexity index is 1100. The highest BCUT2D eigenvalue weighted by Crippen LogP contribution is 2.39. The van der Waals surface area contributed by atoms with Crippen LogP contribution in [0.25, 0.3) is 17.1 Å². The Morgan fingerprint density at radius 1 is 1.17 bits per heavy atom. The molecule has 0 spiro atoms. The van der Waals surface area contributed by atoms with Crippen LogP contribution in [0, 0.1) is 6.92 Å². The van der Waals surface area contributed by atoms with Gasteiger partial charge in [-0.25, -0.2) is 9.78 Å². The average Bonchev–Trinajstić information content (AvgIpc) is 3.48. The van der Waals surface area contributed by atoms with E-state index in [0.717, 1.165) is 43.1 Å². The molecule has 4 rings (SSSR count). The smallest absolute Gasteiger partial charge is 0.340 e. The summed E-state index contributed by atoms with van der Waals surface area (Å²) in [4.78, 5) is 18.9. The van der Waals surface area contributed by atoms with E-state index in [9.17, 15) is 9.90 Å². The van der Waals surface area contributed by atoms with Crippen LogP contribution in [-0.2, 0) is 7.05 Å². The molecule has 3 heterocycles. The van der Waals surface area contributed by atoms with Crippen LogP contribution in [0.1, 0.15) is 28.9 Å². The standard InChI is InChI=1S/C21H25N5O4/c1-13-17(20(23-24(13)2)25-10-5-6-11-25)26-12-9-22-19(26)14-7-8-15(29-3)18(30-4)16(14)21(27)28/h7-9,12H,5-6,10-11H2,1-4H3,(H,27,28). The van der Waals surface area contributed by atoms with Gasteiger partial charge in [0.05, 0.1) is 19.9 Å². The van der Waals surface area contributed by atoms with Gasteiger partial charge in [0.25, 0.3) is 0 Å². The third kappa shape index (κ3) is 3.06. The monoisotopic (exact) mass is 411 g/mol. The second kappa shape index (κ2) is 7.74. The van der Waals surface area contributed by atoms with Crippen LogP contribution in [-0.4, -0.2) is 57.7 Å². The number of ether oxygens (including phenoxy) is 2. The topological polar surface area (TPSA) is 94.6 Å². The molecule has 1 N–H and O–H groups in total. The number of carboxylic acid groups (broad SMARTS) is 1. The van der Waals surface area contributed by atoms with Crippen molar-refractivity contribution in [3.63, 3.8) is 0 Å². The number of aryl methyl sites for hydroxylation is 1. The van der Waals surface area contributed by atoms with Gasteiger partial charge in [-0.05, 0) is 31.9 Å². The number of methoxy groups -OCH3 is 2. The Kier molecular flexibility index (Phi) is 5.11. The van der Waals surface area contributed by atoms with Crippen molar-refractivity contribution in [1.29, 1.82) is 0 Å². The Balaban J connectivity index is 1.94. The predicted octanol–water partition coefficient (Wildman–Crippen LogP) is 2.90. The van der Waals surface area contributed by atoms with Crippen molar-refractivity contribution in [2.24, 2.45) is 7.05 Å². The first-order valence-electron chi connectivity index (χ1n) is 9.78. The molecule has 0 unspecified atom stereocenters. The minimum Gasteiger partial charge on any atom is -0.493 e. The predicted molar refractivity (Wildman–Crippen MR) is 112 cm³/mol. The molecule has 30 heavy (non-hydrogen) atoms. The van der Waals surface area contributed by atoms with E-state index >= 15 is 0 Å². The van der Waals surface area contributed by atoms with Crippen LogP contribution in [0.15, 0.2) is 24.5 Å². The van der Waals surface area contributed by atoms with Gasteiger partial charge < -0.3 is 19.5 Å². The number of carboxylic acids is 1. The molecule has 1 aliphatic rings. The molecule has 2 aromatic heterocycles. The van der Waals surface area contributed by atoms with Crippen LogP contribution in [0.5, 0.6) is 11.5 Å². The van der Waals surface area contributed by atoms with Gasteiger partial charge in [0.15, 0.2) is 17.3 Å². The summed E-state index contributed by atoms with van der Waals surface area (Å²) in [5, 5.41) is 14.7. The molecule has 0 bridgehead atoms. The zero-order chi connectivity index (χ0) is 21.4. The largest absolute Gasteiger partial charge is 0.493 e. The summed E-state index contributed by atoms with van der Waals surface area (Å²) >= 11 is 0. The molecule has 0 amide bonds. The van der Waals surface area contributed by atoms with Crippen LogP contribution in [0.2, 0.25) is 0 Å². The van der Waals surface area contributed by atoms with Crippen molar-refractivity contribution in [2.75, 3.05) is 32.2 Å². The molecule has 1 aliphatic heterocycles. The summed E-state index contributed by atoms with van der Waals surface area (Å²) in [6.45, 7) is 3.90. The van der Waals surface area contributed by atoms with E-state index in [1.165, 1.54) is 14.2 Å². The molecular weight excluding hydrogens is 386 g/mol.